The molecule has 0 heterocycles. The average Bonchev–Trinajstić information content (AvgIpc) is 2.13. The van der Waals surface area contributed by atoms with E-state index in [9.17, 15) is 10.2 Å². The van der Waals surface area contributed by atoms with Crippen LogP contribution in [0.15, 0.2) is 4.47 Å². The summed E-state index contributed by atoms with van der Waals surface area (Å²) in [6, 6.07) is 0. The molecule has 0 spiro atoms. The van der Waals surface area contributed by atoms with Crippen LogP contribution in [0.25, 0.3) is 0 Å². The number of hydrogen-bond donors (Lipinski definition) is 3. The van der Waals surface area contributed by atoms with Crippen LogP contribution in [-0.2, 0) is 0 Å². The van der Waals surface area contributed by atoms with Crippen molar-refractivity contribution < 1.29 is 14.9 Å². The largest absolute Gasteiger partial charge is 0.503 e. The summed E-state index contributed by atoms with van der Waals surface area (Å²) in [7, 11) is 1.41. The van der Waals surface area contributed by atoms with Gasteiger partial charge in [0, 0.05) is 5.56 Å². The summed E-state index contributed by atoms with van der Waals surface area (Å²) in [4.78, 5) is 0. The Bertz CT molecular complexity index is 323. The topological polar surface area (TPSA) is 75.7 Å². The van der Waals surface area contributed by atoms with Gasteiger partial charge in [-0.05, 0) is 22.9 Å². The molecule has 0 aliphatic heterocycles. The Morgan fingerprint density at radius 3 is 2.31 bits per heavy atom. The molecule has 72 valence electrons. The van der Waals surface area contributed by atoms with Gasteiger partial charge in [0.1, 0.15) is 0 Å². The van der Waals surface area contributed by atoms with Gasteiger partial charge in [0.2, 0.25) is 5.75 Å². The highest BCUT2D eigenvalue weighted by molar-refractivity contribution is 9.10. The maximum absolute atomic E-state index is 9.41. The molecule has 0 amide bonds. The Morgan fingerprint density at radius 2 is 1.85 bits per heavy atom. The zero-order valence-corrected chi connectivity index (χ0v) is 8.84. The fourth-order valence-electron chi connectivity index (χ4n) is 1.07. The molecule has 0 atom stereocenters. The molecule has 4 nitrogen and oxygen atoms in total. The van der Waals surface area contributed by atoms with E-state index in [-0.39, 0.29) is 22.9 Å². The summed E-state index contributed by atoms with van der Waals surface area (Å²) >= 11 is 3.18. The Kier molecular flexibility index (Phi) is 2.56. The highest BCUT2D eigenvalue weighted by Gasteiger charge is 2.18. The highest BCUT2D eigenvalue weighted by atomic mass is 79.9. The van der Waals surface area contributed by atoms with Crippen LogP contribution < -0.4 is 10.5 Å². The molecule has 0 unspecified atom stereocenters. The minimum atomic E-state index is -0.366. The van der Waals surface area contributed by atoms with Gasteiger partial charge in [0.05, 0.1) is 17.3 Å². The number of anilines is 1. The SMILES string of the molecule is COc1c(C)c(Br)c(N)c(O)c1O. The first-order valence-corrected chi connectivity index (χ1v) is 4.33. The average molecular weight is 248 g/mol. The van der Waals surface area contributed by atoms with Crippen LogP contribution in [0.4, 0.5) is 5.69 Å². The lowest BCUT2D eigenvalue weighted by atomic mass is 10.1. The number of ether oxygens (including phenoxy) is 1. The number of benzene rings is 1. The monoisotopic (exact) mass is 247 g/mol. The van der Waals surface area contributed by atoms with Gasteiger partial charge in [-0.1, -0.05) is 0 Å². The molecule has 13 heavy (non-hydrogen) atoms. The van der Waals surface area contributed by atoms with Crippen LogP contribution in [0.5, 0.6) is 17.2 Å². The second-order valence-electron chi connectivity index (χ2n) is 2.58. The third-order valence-electron chi connectivity index (χ3n) is 1.80. The molecule has 1 aromatic rings. The second-order valence-corrected chi connectivity index (χ2v) is 3.38. The molecule has 0 saturated heterocycles. The first kappa shape index (κ1) is 9.98. The number of halogens is 1. The van der Waals surface area contributed by atoms with Crippen molar-refractivity contribution in [2.45, 2.75) is 6.92 Å². The van der Waals surface area contributed by atoms with Gasteiger partial charge < -0.3 is 20.7 Å². The second kappa shape index (κ2) is 3.33. The number of nitrogens with two attached hydrogens (primary N) is 1. The van der Waals surface area contributed by atoms with E-state index in [1.807, 2.05) is 0 Å². The third-order valence-corrected chi connectivity index (χ3v) is 2.83. The maximum atomic E-state index is 9.41. The standard InChI is InChI=1S/C8H10BrNO3/c1-3-4(9)5(10)6(11)7(12)8(3)13-2/h11-12H,10H2,1-2H3. The van der Waals surface area contributed by atoms with Gasteiger partial charge in [0.25, 0.3) is 0 Å². The first-order chi connectivity index (χ1) is 6.00. The molecular formula is C8H10BrNO3. The Labute approximate surface area is 84.1 Å². The molecule has 0 aliphatic rings. The van der Waals surface area contributed by atoms with Crippen molar-refractivity contribution in [2.24, 2.45) is 0 Å². The molecular weight excluding hydrogens is 238 g/mol. The van der Waals surface area contributed by atoms with E-state index in [4.69, 9.17) is 10.5 Å². The molecule has 0 bridgehead atoms. The predicted molar refractivity (Wildman–Crippen MR) is 53.2 cm³/mol. The van der Waals surface area contributed by atoms with Crippen molar-refractivity contribution in [1.82, 2.24) is 0 Å². The van der Waals surface area contributed by atoms with Crippen LogP contribution >= 0.6 is 15.9 Å². The Balaban J connectivity index is 3.56. The van der Waals surface area contributed by atoms with Crippen molar-refractivity contribution in [3.63, 3.8) is 0 Å². The molecule has 0 fully saturated rings. The van der Waals surface area contributed by atoms with Gasteiger partial charge in [-0.15, -0.1) is 0 Å². The minimum Gasteiger partial charge on any atom is -0.503 e. The zero-order valence-electron chi connectivity index (χ0n) is 7.26. The lowest BCUT2D eigenvalue weighted by molar-refractivity contribution is 0.349. The minimum absolute atomic E-state index is 0.107. The zero-order chi connectivity index (χ0) is 10.2. The summed E-state index contributed by atoms with van der Waals surface area (Å²) in [6.07, 6.45) is 0. The number of methoxy groups -OCH3 is 1. The van der Waals surface area contributed by atoms with Crippen molar-refractivity contribution in [3.8, 4) is 17.2 Å². The number of hydrogen-bond acceptors (Lipinski definition) is 4. The summed E-state index contributed by atoms with van der Waals surface area (Å²) in [5, 5.41) is 18.7. The lowest BCUT2D eigenvalue weighted by Gasteiger charge is -2.12. The molecule has 0 saturated carbocycles. The van der Waals surface area contributed by atoms with E-state index < -0.39 is 0 Å². The Hall–Kier alpha value is -1.10. The molecule has 0 radical (unpaired) electrons. The van der Waals surface area contributed by atoms with Gasteiger partial charge in [-0.3, -0.25) is 0 Å². The van der Waals surface area contributed by atoms with E-state index in [1.54, 1.807) is 6.92 Å². The normalized spacial score (nSPS) is 10.1. The van der Waals surface area contributed by atoms with Crippen molar-refractivity contribution in [1.29, 1.82) is 0 Å². The van der Waals surface area contributed by atoms with E-state index in [2.05, 4.69) is 15.9 Å². The summed E-state index contributed by atoms with van der Waals surface area (Å²) in [6.45, 7) is 1.72. The molecule has 1 aromatic carbocycles. The molecule has 4 N–H and O–H groups in total. The van der Waals surface area contributed by atoms with Crippen LogP contribution in [-0.4, -0.2) is 17.3 Å². The third kappa shape index (κ3) is 1.39. The first-order valence-electron chi connectivity index (χ1n) is 3.54. The smallest absolute Gasteiger partial charge is 0.203 e. The predicted octanol–water partition coefficient (Wildman–Crippen LogP) is 1.76. The van der Waals surface area contributed by atoms with Crippen molar-refractivity contribution >= 4 is 21.6 Å². The number of phenols is 2. The van der Waals surface area contributed by atoms with Gasteiger partial charge >= 0.3 is 0 Å². The van der Waals surface area contributed by atoms with Crippen LogP contribution in [0, 0.1) is 6.92 Å². The highest BCUT2D eigenvalue weighted by Crippen LogP contribution is 2.47. The molecule has 1 rings (SSSR count). The maximum Gasteiger partial charge on any atom is 0.203 e. The number of phenolic OH excluding ortho intramolecular Hbond substituents is 2. The van der Waals surface area contributed by atoms with Gasteiger partial charge in [-0.25, -0.2) is 0 Å². The summed E-state index contributed by atoms with van der Waals surface area (Å²) in [5.74, 6) is -0.478. The lowest BCUT2D eigenvalue weighted by Crippen LogP contribution is -1.95. The molecule has 0 aromatic heterocycles. The molecule has 0 aliphatic carbocycles. The van der Waals surface area contributed by atoms with Crippen molar-refractivity contribution in [3.05, 3.63) is 10.0 Å². The van der Waals surface area contributed by atoms with Gasteiger partial charge in [-0.2, -0.15) is 0 Å². The number of nitrogen functional groups attached to an aromatic ring is 1. The van der Waals surface area contributed by atoms with Crippen LogP contribution in [0.1, 0.15) is 5.56 Å². The Morgan fingerprint density at radius 1 is 1.31 bits per heavy atom. The van der Waals surface area contributed by atoms with Crippen LogP contribution in [0.2, 0.25) is 0 Å². The molecule has 5 heteroatoms. The fourth-order valence-corrected chi connectivity index (χ4v) is 1.44. The van der Waals surface area contributed by atoms with E-state index >= 15 is 0 Å². The van der Waals surface area contributed by atoms with Gasteiger partial charge in [0.15, 0.2) is 11.5 Å². The van der Waals surface area contributed by atoms with E-state index in [1.165, 1.54) is 7.11 Å². The van der Waals surface area contributed by atoms with E-state index in [0.717, 1.165) is 0 Å². The number of rotatable bonds is 1. The number of aromatic hydroxyl groups is 2. The van der Waals surface area contributed by atoms with E-state index in [0.29, 0.717) is 10.0 Å². The summed E-state index contributed by atoms with van der Waals surface area (Å²) in [5.41, 5.74) is 6.25. The quantitative estimate of drug-likeness (QED) is 0.522. The summed E-state index contributed by atoms with van der Waals surface area (Å²) < 4.78 is 5.42. The fraction of sp³-hybridized carbons (Fsp3) is 0.250. The van der Waals surface area contributed by atoms with Crippen molar-refractivity contribution in [2.75, 3.05) is 12.8 Å². The van der Waals surface area contributed by atoms with Crippen LogP contribution in [0.3, 0.4) is 0 Å².